The number of nitrogens with zero attached hydrogens (tertiary/aromatic N) is 2. The molecule has 1 amide bonds. The molecule has 1 fully saturated rings. The van der Waals surface area contributed by atoms with E-state index >= 15 is 0 Å². The van der Waals surface area contributed by atoms with Crippen molar-refractivity contribution in [3.8, 4) is 0 Å². The molecule has 3 aromatic rings. The zero-order valence-electron chi connectivity index (χ0n) is 18.4. The normalized spacial score (nSPS) is 22.6. The number of carbonyl (C=O) groups is 1. The molecular weight excluding hydrogens is 416 g/mol. The summed E-state index contributed by atoms with van der Waals surface area (Å²) in [7, 11) is 0. The number of hydrogen-bond donors (Lipinski definition) is 3. The molecule has 3 heterocycles. The molecule has 1 saturated heterocycles. The van der Waals surface area contributed by atoms with E-state index in [1.165, 1.54) is 22.4 Å². The quantitative estimate of drug-likeness (QED) is 0.543. The van der Waals surface area contributed by atoms with Gasteiger partial charge in [-0.15, -0.1) is 0 Å². The summed E-state index contributed by atoms with van der Waals surface area (Å²) >= 11 is 0. The van der Waals surface area contributed by atoms with E-state index in [9.17, 15) is 14.7 Å². The summed E-state index contributed by atoms with van der Waals surface area (Å²) in [5.74, 6) is 0.476. The maximum Gasteiger partial charge on any atom is 0.254 e. The van der Waals surface area contributed by atoms with Crippen molar-refractivity contribution in [3.63, 3.8) is 0 Å². The van der Waals surface area contributed by atoms with Crippen molar-refractivity contribution in [2.75, 3.05) is 5.32 Å². The largest absolute Gasteiger partial charge is 0.387 e. The van der Waals surface area contributed by atoms with E-state index in [0.717, 1.165) is 24.8 Å². The van der Waals surface area contributed by atoms with Crippen LogP contribution in [0.5, 0.6) is 0 Å². The molecule has 0 spiro atoms. The summed E-state index contributed by atoms with van der Waals surface area (Å²) in [6.07, 6.45) is 5.02. The van der Waals surface area contributed by atoms with Gasteiger partial charge in [-0.3, -0.25) is 14.2 Å². The van der Waals surface area contributed by atoms with Gasteiger partial charge in [0.25, 0.3) is 5.56 Å². The van der Waals surface area contributed by atoms with E-state index in [1.807, 2.05) is 54.6 Å². The zero-order chi connectivity index (χ0) is 22.8. The Morgan fingerprint density at radius 3 is 2.67 bits per heavy atom. The van der Waals surface area contributed by atoms with Gasteiger partial charge < -0.3 is 15.7 Å². The molecule has 4 atom stereocenters. The van der Waals surface area contributed by atoms with Crippen molar-refractivity contribution in [2.24, 2.45) is 0 Å². The number of benzene rings is 2. The van der Waals surface area contributed by atoms with Gasteiger partial charge in [0.1, 0.15) is 11.9 Å². The van der Waals surface area contributed by atoms with Crippen LogP contribution >= 0.6 is 0 Å². The van der Waals surface area contributed by atoms with Crippen molar-refractivity contribution in [1.82, 2.24) is 14.9 Å². The summed E-state index contributed by atoms with van der Waals surface area (Å²) in [6, 6.07) is 18.9. The van der Waals surface area contributed by atoms with Gasteiger partial charge >= 0.3 is 0 Å². The number of carbonyl (C=O) groups excluding carboxylic acids is 1. The van der Waals surface area contributed by atoms with Crippen LogP contribution in [0.3, 0.4) is 0 Å². The van der Waals surface area contributed by atoms with Crippen LogP contribution in [0.1, 0.15) is 48.4 Å². The number of nitrogens with one attached hydrogen (secondary N) is 2. The van der Waals surface area contributed by atoms with Gasteiger partial charge in [0.15, 0.2) is 0 Å². The smallest absolute Gasteiger partial charge is 0.254 e. The predicted octanol–water partition coefficient (Wildman–Crippen LogP) is 2.77. The molecule has 170 valence electrons. The lowest BCUT2D eigenvalue weighted by molar-refractivity contribution is -0.119. The van der Waals surface area contributed by atoms with Crippen LogP contribution in [-0.4, -0.2) is 32.6 Å². The van der Waals surface area contributed by atoms with E-state index < -0.39 is 12.1 Å². The number of aromatic nitrogens is 2. The van der Waals surface area contributed by atoms with Gasteiger partial charge in [-0.1, -0.05) is 42.5 Å². The number of aliphatic hydroxyl groups is 1. The Hall–Kier alpha value is -3.29. The van der Waals surface area contributed by atoms with E-state index in [-0.39, 0.29) is 17.5 Å². The highest BCUT2D eigenvalue weighted by Gasteiger charge is 2.31. The highest BCUT2D eigenvalue weighted by Crippen LogP contribution is 2.27. The monoisotopic (exact) mass is 444 g/mol. The SMILES string of the molecule is O=C(Nc1ccc(C[C@@H]2CC[C@H](C(O)c3ccccc3)N2)cc1)C1CCc2nccc(=O)n21. The minimum atomic E-state index is -0.517. The summed E-state index contributed by atoms with van der Waals surface area (Å²) in [5, 5.41) is 17.2. The molecule has 3 N–H and O–H groups in total. The number of fused-ring (bicyclic) bond motifs is 1. The van der Waals surface area contributed by atoms with Crippen LogP contribution in [0.25, 0.3) is 0 Å². The molecule has 2 aliphatic heterocycles. The molecular formula is C26H28N4O3. The molecule has 2 aliphatic rings. The average Bonchev–Trinajstić information content (AvgIpc) is 3.49. The standard InChI is InChI=1S/C26H28N4O3/c31-24-14-15-27-23-13-12-22(30(23)24)26(33)29-19-8-6-17(7-9-19)16-20-10-11-21(28-20)25(32)18-4-2-1-3-5-18/h1-9,14-15,20-22,25,28,32H,10-13,16H2,(H,29,33)/t20-,21+,22?,25?/m0/s1. The first-order valence-electron chi connectivity index (χ1n) is 11.5. The highest BCUT2D eigenvalue weighted by molar-refractivity contribution is 5.94. The minimum Gasteiger partial charge on any atom is -0.387 e. The Labute approximate surface area is 192 Å². The van der Waals surface area contributed by atoms with Crippen molar-refractivity contribution < 1.29 is 9.90 Å². The van der Waals surface area contributed by atoms with Crippen LogP contribution in [0.15, 0.2) is 71.7 Å². The van der Waals surface area contributed by atoms with E-state index in [4.69, 9.17) is 0 Å². The molecule has 1 aromatic heterocycles. The second-order valence-electron chi connectivity index (χ2n) is 8.92. The van der Waals surface area contributed by atoms with E-state index in [0.29, 0.717) is 30.4 Å². The Morgan fingerprint density at radius 1 is 1.09 bits per heavy atom. The molecule has 33 heavy (non-hydrogen) atoms. The average molecular weight is 445 g/mol. The number of aryl methyl sites for hydroxylation is 1. The van der Waals surface area contributed by atoms with Crippen LogP contribution in [-0.2, 0) is 17.6 Å². The number of aliphatic hydroxyl groups excluding tert-OH is 1. The van der Waals surface area contributed by atoms with Crippen molar-refractivity contribution in [3.05, 3.63) is 94.2 Å². The molecule has 0 saturated carbocycles. The van der Waals surface area contributed by atoms with Gasteiger partial charge in [-0.2, -0.15) is 0 Å². The van der Waals surface area contributed by atoms with Crippen LogP contribution in [0.4, 0.5) is 5.69 Å². The maximum absolute atomic E-state index is 12.8. The van der Waals surface area contributed by atoms with Gasteiger partial charge in [-0.05, 0) is 48.9 Å². The summed E-state index contributed by atoms with van der Waals surface area (Å²) < 4.78 is 1.50. The van der Waals surface area contributed by atoms with Crippen LogP contribution in [0, 0.1) is 0 Å². The number of hydrogen-bond acceptors (Lipinski definition) is 5. The summed E-state index contributed by atoms with van der Waals surface area (Å²) in [4.78, 5) is 29.1. The molecule has 0 radical (unpaired) electrons. The van der Waals surface area contributed by atoms with Gasteiger partial charge in [0.05, 0.1) is 6.10 Å². The number of amides is 1. The third-order valence-corrected chi connectivity index (χ3v) is 6.71. The molecule has 2 unspecified atom stereocenters. The zero-order valence-corrected chi connectivity index (χ0v) is 18.4. The second kappa shape index (κ2) is 9.29. The lowest BCUT2D eigenvalue weighted by Crippen LogP contribution is -2.35. The Bertz CT molecular complexity index is 1180. The van der Waals surface area contributed by atoms with Gasteiger partial charge in [0.2, 0.25) is 5.91 Å². The summed E-state index contributed by atoms with van der Waals surface area (Å²) in [5.41, 5.74) is 2.64. The summed E-state index contributed by atoms with van der Waals surface area (Å²) in [6.45, 7) is 0. The minimum absolute atomic E-state index is 0.0585. The number of anilines is 1. The van der Waals surface area contributed by atoms with Crippen molar-refractivity contribution in [1.29, 1.82) is 0 Å². The fraction of sp³-hybridized carbons (Fsp3) is 0.346. The topological polar surface area (TPSA) is 96.2 Å². The number of rotatable bonds is 6. The van der Waals surface area contributed by atoms with Crippen LogP contribution in [0.2, 0.25) is 0 Å². The highest BCUT2D eigenvalue weighted by atomic mass is 16.3. The predicted molar refractivity (Wildman–Crippen MR) is 126 cm³/mol. The second-order valence-corrected chi connectivity index (χ2v) is 8.92. The fourth-order valence-electron chi connectivity index (χ4n) is 5.00. The lowest BCUT2D eigenvalue weighted by Gasteiger charge is -2.20. The first-order chi connectivity index (χ1) is 16.1. The lowest BCUT2D eigenvalue weighted by atomic mass is 10.0. The third-order valence-electron chi connectivity index (χ3n) is 6.71. The first-order valence-corrected chi connectivity index (χ1v) is 11.5. The Kier molecular flexibility index (Phi) is 6.07. The molecule has 5 rings (SSSR count). The Balaban J connectivity index is 1.17. The molecule has 7 nitrogen and oxygen atoms in total. The van der Waals surface area contributed by atoms with Crippen molar-refractivity contribution in [2.45, 2.75) is 56.3 Å². The van der Waals surface area contributed by atoms with E-state index in [2.05, 4.69) is 15.6 Å². The molecule has 0 bridgehead atoms. The van der Waals surface area contributed by atoms with Gasteiger partial charge in [-0.25, -0.2) is 4.98 Å². The molecule has 7 heteroatoms. The Morgan fingerprint density at radius 2 is 1.88 bits per heavy atom. The van der Waals surface area contributed by atoms with E-state index in [1.54, 1.807) is 0 Å². The third kappa shape index (κ3) is 4.60. The van der Waals surface area contributed by atoms with Crippen molar-refractivity contribution >= 4 is 11.6 Å². The van der Waals surface area contributed by atoms with Crippen LogP contribution < -0.4 is 16.2 Å². The maximum atomic E-state index is 12.8. The molecule has 2 aromatic carbocycles. The van der Waals surface area contributed by atoms with Gasteiger partial charge in [0, 0.05) is 36.5 Å². The fourth-order valence-corrected chi connectivity index (χ4v) is 5.00. The first kappa shape index (κ1) is 21.6. The molecule has 0 aliphatic carbocycles.